The van der Waals surface area contributed by atoms with E-state index in [1.807, 2.05) is 44.2 Å². The summed E-state index contributed by atoms with van der Waals surface area (Å²) in [6.07, 6.45) is 1.13. The van der Waals surface area contributed by atoms with Crippen molar-refractivity contribution in [3.63, 3.8) is 0 Å². The first-order chi connectivity index (χ1) is 9.30. The van der Waals surface area contributed by atoms with Crippen molar-refractivity contribution in [2.45, 2.75) is 24.8 Å². The van der Waals surface area contributed by atoms with E-state index in [-0.39, 0.29) is 22.6 Å². The molecule has 0 fully saturated rings. The highest BCUT2D eigenvalue weighted by Gasteiger charge is 2.25. The molecule has 0 bridgehead atoms. The van der Waals surface area contributed by atoms with Crippen LogP contribution in [0.1, 0.15) is 13.8 Å². The third-order valence-electron chi connectivity index (χ3n) is 2.67. The van der Waals surface area contributed by atoms with Crippen molar-refractivity contribution in [1.82, 2.24) is 9.78 Å². The summed E-state index contributed by atoms with van der Waals surface area (Å²) in [7, 11) is -3.47. The van der Waals surface area contributed by atoms with Crippen LogP contribution in [0.2, 0.25) is 0 Å². The number of anilines is 2. The van der Waals surface area contributed by atoms with Gasteiger partial charge in [-0.3, -0.25) is 0 Å². The number of nitrogens with one attached hydrogen (secondary N) is 1. The van der Waals surface area contributed by atoms with Gasteiger partial charge in [-0.25, -0.2) is 13.1 Å². The predicted molar refractivity (Wildman–Crippen MR) is 79.8 cm³/mol. The molecular weight excluding hydrogens is 276 g/mol. The maximum atomic E-state index is 11.9. The fraction of sp³-hybridized carbons (Fsp3) is 0.308. The molecule has 20 heavy (non-hydrogen) atoms. The van der Waals surface area contributed by atoms with Gasteiger partial charge in [0, 0.05) is 12.3 Å². The van der Waals surface area contributed by atoms with Gasteiger partial charge in [0.2, 0.25) is 0 Å². The van der Waals surface area contributed by atoms with E-state index in [9.17, 15) is 8.42 Å². The number of hydrogen-bond acceptors (Lipinski definition) is 5. The summed E-state index contributed by atoms with van der Waals surface area (Å²) in [5, 5.41) is 7.31. The van der Waals surface area contributed by atoms with E-state index in [0.29, 0.717) is 5.69 Å². The smallest absolute Gasteiger partial charge is 0.182 e. The monoisotopic (exact) mass is 294 g/mol. The molecule has 1 aromatic heterocycles. The molecule has 0 amide bonds. The van der Waals surface area contributed by atoms with Gasteiger partial charge in [0.15, 0.2) is 20.6 Å². The summed E-state index contributed by atoms with van der Waals surface area (Å²) < 4.78 is 25.3. The number of nitrogens with zero attached hydrogens (tertiary/aromatic N) is 2. The van der Waals surface area contributed by atoms with Crippen LogP contribution < -0.4 is 11.1 Å². The van der Waals surface area contributed by atoms with Crippen molar-refractivity contribution in [1.29, 1.82) is 0 Å². The molecule has 0 spiro atoms. The zero-order valence-electron chi connectivity index (χ0n) is 11.7. The highest BCUT2D eigenvalue weighted by atomic mass is 32.2. The van der Waals surface area contributed by atoms with Gasteiger partial charge in [-0.05, 0) is 26.0 Å². The molecule has 3 N–H and O–H groups in total. The van der Waals surface area contributed by atoms with Crippen LogP contribution >= 0.6 is 0 Å². The van der Waals surface area contributed by atoms with Crippen molar-refractivity contribution in [2.24, 2.45) is 0 Å². The lowest BCUT2D eigenvalue weighted by molar-refractivity contribution is 0.602. The van der Waals surface area contributed by atoms with Crippen molar-refractivity contribution in [2.75, 3.05) is 17.3 Å². The Labute approximate surface area is 118 Å². The summed E-state index contributed by atoms with van der Waals surface area (Å²) >= 11 is 0. The topological polar surface area (TPSA) is 90.0 Å². The molecule has 6 nitrogen and oxygen atoms in total. The summed E-state index contributed by atoms with van der Waals surface area (Å²) in [5.41, 5.74) is 6.69. The van der Waals surface area contributed by atoms with Crippen LogP contribution in [0.4, 0.5) is 11.6 Å². The molecule has 1 heterocycles. The molecule has 0 atom stereocenters. The van der Waals surface area contributed by atoms with Crippen LogP contribution in [0, 0.1) is 0 Å². The minimum Gasteiger partial charge on any atom is -0.382 e. The SMILES string of the molecule is CC(C)Nc1nn(-c2ccccc2)c(N)c1S(C)(=O)=O. The molecule has 7 heteroatoms. The Kier molecular flexibility index (Phi) is 3.71. The van der Waals surface area contributed by atoms with Crippen molar-refractivity contribution >= 4 is 21.5 Å². The highest BCUT2D eigenvalue weighted by molar-refractivity contribution is 7.91. The van der Waals surface area contributed by atoms with Gasteiger partial charge in [-0.15, -0.1) is 5.10 Å². The van der Waals surface area contributed by atoms with Gasteiger partial charge < -0.3 is 11.1 Å². The van der Waals surface area contributed by atoms with Crippen LogP contribution in [-0.4, -0.2) is 30.5 Å². The van der Waals surface area contributed by atoms with Crippen LogP contribution in [0.5, 0.6) is 0 Å². The van der Waals surface area contributed by atoms with Crippen LogP contribution in [0.15, 0.2) is 35.2 Å². The van der Waals surface area contributed by atoms with Gasteiger partial charge in [-0.2, -0.15) is 0 Å². The zero-order valence-corrected chi connectivity index (χ0v) is 12.5. The standard InChI is InChI=1S/C13H18N4O2S/c1-9(2)15-13-11(20(3,18)19)12(14)17(16-13)10-7-5-4-6-8-10/h4-9H,14H2,1-3H3,(H,15,16). The molecule has 0 radical (unpaired) electrons. The van der Waals surface area contributed by atoms with Crippen LogP contribution in [0.3, 0.4) is 0 Å². The van der Waals surface area contributed by atoms with Gasteiger partial charge in [-0.1, -0.05) is 18.2 Å². The lowest BCUT2D eigenvalue weighted by Gasteiger charge is -2.07. The second kappa shape index (κ2) is 5.16. The highest BCUT2D eigenvalue weighted by Crippen LogP contribution is 2.29. The molecular formula is C13H18N4O2S. The molecule has 0 unspecified atom stereocenters. The van der Waals surface area contributed by atoms with Crippen LogP contribution in [0.25, 0.3) is 5.69 Å². The average molecular weight is 294 g/mol. The number of rotatable bonds is 4. The Bertz CT molecular complexity index is 705. The number of nitrogens with two attached hydrogens (primary N) is 1. The number of hydrogen-bond donors (Lipinski definition) is 2. The second-order valence-electron chi connectivity index (χ2n) is 4.88. The molecule has 0 aliphatic heterocycles. The first-order valence-corrected chi connectivity index (χ1v) is 8.10. The number of para-hydroxylation sites is 1. The Balaban J connectivity index is 2.65. The Hall–Kier alpha value is -2.02. The van der Waals surface area contributed by atoms with Crippen molar-refractivity contribution < 1.29 is 8.42 Å². The van der Waals surface area contributed by atoms with Gasteiger partial charge in [0.05, 0.1) is 5.69 Å². The normalized spacial score (nSPS) is 11.8. The Morgan fingerprint density at radius 1 is 1.25 bits per heavy atom. The fourth-order valence-electron chi connectivity index (χ4n) is 1.92. The number of sulfone groups is 1. The van der Waals surface area contributed by atoms with E-state index in [2.05, 4.69) is 10.4 Å². The van der Waals surface area contributed by atoms with E-state index in [4.69, 9.17) is 5.73 Å². The second-order valence-corrected chi connectivity index (χ2v) is 6.83. The minimum absolute atomic E-state index is 0.0371. The third-order valence-corrected chi connectivity index (χ3v) is 3.82. The summed E-state index contributed by atoms with van der Waals surface area (Å²) in [6.45, 7) is 3.81. The zero-order chi connectivity index (χ0) is 14.9. The predicted octanol–water partition coefficient (Wildman–Crippen LogP) is 1.68. The molecule has 2 rings (SSSR count). The van der Waals surface area contributed by atoms with Crippen molar-refractivity contribution in [3.05, 3.63) is 30.3 Å². The largest absolute Gasteiger partial charge is 0.382 e. The van der Waals surface area contributed by atoms with E-state index >= 15 is 0 Å². The average Bonchev–Trinajstić information content (AvgIpc) is 2.66. The number of aromatic nitrogens is 2. The first-order valence-electron chi connectivity index (χ1n) is 6.21. The fourth-order valence-corrected chi connectivity index (χ4v) is 2.83. The van der Waals surface area contributed by atoms with E-state index < -0.39 is 9.84 Å². The lowest BCUT2D eigenvalue weighted by atomic mass is 10.3. The molecule has 0 saturated carbocycles. The molecule has 0 aliphatic rings. The van der Waals surface area contributed by atoms with E-state index in [0.717, 1.165) is 6.26 Å². The lowest BCUT2D eigenvalue weighted by Crippen LogP contribution is -2.13. The van der Waals surface area contributed by atoms with E-state index in [1.54, 1.807) is 0 Å². The van der Waals surface area contributed by atoms with Gasteiger partial charge in [0.25, 0.3) is 0 Å². The quantitative estimate of drug-likeness (QED) is 0.895. The summed E-state index contributed by atoms with van der Waals surface area (Å²) in [4.78, 5) is 0.0371. The maximum Gasteiger partial charge on any atom is 0.182 e. The van der Waals surface area contributed by atoms with Gasteiger partial charge in [0.1, 0.15) is 5.82 Å². The number of benzene rings is 1. The molecule has 1 aromatic carbocycles. The summed E-state index contributed by atoms with van der Waals surface area (Å²) in [6, 6.07) is 9.23. The maximum absolute atomic E-state index is 11.9. The van der Waals surface area contributed by atoms with Gasteiger partial charge >= 0.3 is 0 Å². The Morgan fingerprint density at radius 2 is 1.85 bits per heavy atom. The Morgan fingerprint density at radius 3 is 2.35 bits per heavy atom. The van der Waals surface area contributed by atoms with E-state index in [1.165, 1.54) is 4.68 Å². The minimum atomic E-state index is -3.47. The van der Waals surface area contributed by atoms with Crippen LogP contribution in [-0.2, 0) is 9.84 Å². The summed E-state index contributed by atoms with van der Waals surface area (Å²) in [5.74, 6) is 0.394. The van der Waals surface area contributed by atoms with Crippen molar-refractivity contribution in [3.8, 4) is 5.69 Å². The number of nitrogen functional groups attached to an aromatic ring is 1. The first kappa shape index (κ1) is 14.4. The molecule has 0 saturated heterocycles. The molecule has 2 aromatic rings. The molecule has 108 valence electrons. The third kappa shape index (κ3) is 2.77. The molecule has 0 aliphatic carbocycles.